The summed E-state index contributed by atoms with van der Waals surface area (Å²) < 4.78 is 4.94. The zero-order valence-electron chi connectivity index (χ0n) is 17.3. The molecule has 3 aromatic rings. The average molecular weight is 423 g/mol. The number of anilines is 1. The number of amides is 2. The van der Waals surface area contributed by atoms with Gasteiger partial charge in [0.25, 0.3) is 5.91 Å². The summed E-state index contributed by atoms with van der Waals surface area (Å²) in [5, 5.41) is 4.73. The van der Waals surface area contributed by atoms with Crippen LogP contribution in [0.25, 0.3) is 0 Å². The van der Waals surface area contributed by atoms with Gasteiger partial charge < -0.3 is 15.0 Å². The predicted octanol–water partition coefficient (Wildman–Crippen LogP) is 4.21. The van der Waals surface area contributed by atoms with Crippen LogP contribution >= 0.6 is 11.3 Å². The lowest BCUT2D eigenvalue weighted by Gasteiger charge is -2.23. The number of benzene rings is 2. The van der Waals surface area contributed by atoms with Crippen LogP contribution in [0.5, 0.6) is 0 Å². The molecule has 0 bridgehead atoms. The Morgan fingerprint density at radius 2 is 1.80 bits per heavy atom. The number of methoxy groups -OCH3 is 1. The van der Waals surface area contributed by atoms with Gasteiger partial charge in [-0.3, -0.25) is 9.59 Å². The van der Waals surface area contributed by atoms with E-state index in [4.69, 9.17) is 4.74 Å². The zero-order chi connectivity index (χ0) is 21.3. The van der Waals surface area contributed by atoms with Gasteiger partial charge in [-0.05, 0) is 47.2 Å². The Morgan fingerprint density at radius 3 is 2.47 bits per heavy atom. The van der Waals surface area contributed by atoms with Crippen molar-refractivity contribution in [3.8, 4) is 0 Å². The van der Waals surface area contributed by atoms with Crippen molar-refractivity contribution in [1.82, 2.24) is 5.32 Å². The third kappa shape index (κ3) is 5.78. The molecule has 0 radical (unpaired) electrons. The number of aryl methyl sites for hydroxylation is 1. The maximum Gasteiger partial charge on any atom is 0.268 e. The van der Waals surface area contributed by atoms with E-state index in [2.05, 4.69) is 18.3 Å². The van der Waals surface area contributed by atoms with E-state index in [0.717, 1.165) is 22.4 Å². The lowest BCUT2D eigenvalue weighted by atomic mass is 10.1. The number of thiophene rings is 1. The zero-order valence-corrected chi connectivity index (χ0v) is 18.1. The summed E-state index contributed by atoms with van der Waals surface area (Å²) in [6, 6.07) is 19.4. The molecule has 2 aromatic carbocycles. The fourth-order valence-corrected chi connectivity index (χ4v) is 3.78. The van der Waals surface area contributed by atoms with Gasteiger partial charge in [0.1, 0.15) is 0 Å². The highest BCUT2D eigenvalue weighted by atomic mass is 32.1. The van der Waals surface area contributed by atoms with Gasteiger partial charge in [-0.25, -0.2) is 0 Å². The van der Waals surface area contributed by atoms with E-state index >= 15 is 0 Å². The fourth-order valence-electron chi connectivity index (χ4n) is 3.11. The van der Waals surface area contributed by atoms with Crippen molar-refractivity contribution in [2.45, 2.75) is 19.9 Å². The Kier molecular flexibility index (Phi) is 7.76. The van der Waals surface area contributed by atoms with Gasteiger partial charge in [0, 0.05) is 19.3 Å². The molecule has 0 aliphatic carbocycles. The van der Waals surface area contributed by atoms with E-state index in [-0.39, 0.29) is 11.8 Å². The highest BCUT2D eigenvalue weighted by Gasteiger charge is 2.20. The quantitative estimate of drug-likeness (QED) is 0.526. The molecule has 1 aromatic heterocycles. The molecule has 0 saturated carbocycles. The number of ether oxygens (including phenoxy) is 1. The molecule has 1 heterocycles. The van der Waals surface area contributed by atoms with Crippen LogP contribution < -0.4 is 10.2 Å². The third-order valence-corrected chi connectivity index (χ3v) is 5.67. The Hall–Kier alpha value is -2.96. The summed E-state index contributed by atoms with van der Waals surface area (Å²) in [7, 11) is 1.60. The molecule has 0 spiro atoms. The van der Waals surface area contributed by atoms with Crippen molar-refractivity contribution in [1.29, 1.82) is 0 Å². The standard InChI is InChI=1S/C24H26N2O3S/c1-18-6-3-4-7-20(18)17-26(24(28)22-8-5-15-30-22)21-11-9-19(10-12-21)16-23(27)25-13-14-29-2/h3-12,15H,13-14,16-17H2,1-2H3,(H,25,27). The van der Waals surface area contributed by atoms with Crippen molar-refractivity contribution in [2.75, 3.05) is 25.2 Å². The second-order valence-corrected chi connectivity index (χ2v) is 7.93. The van der Waals surface area contributed by atoms with Crippen molar-refractivity contribution in [3.63, 3.8) is 0 Å². The molecule has 0 atom stereocenters. The van der Waals surface area contributed by atoms with Crippen molar-refractivity contribution < 1.29 is 14.3 Å². The predicted molar refractivity (Wildman–Crippen MR) is 121 cm³/mol. The summed E-state index contributed by atoms with van der Waals surface area (Å²) >= 11 is 1.44. The molecule has 0 aliphatic rings. The van der Waals surface area contributed by atoms with Crippen LogP contribution in [-0.4, -0.2) is 32.1 Å². The Labute approximate surface area is 181 Å². The van der Waals surface area contributed by atoms with Crippen LogP contribution in [-0.2, 0) is 22.5 Å². The summed E-state index contributed by atoms with van der Waals surface area (Å²) in [5.41, 5.74) is 3.95. The van der Waals surface area contributed by atoms with Crippen molar-refractivity contribution in [2.24, 2.45) is 0 Å². The number of carbonyl (C=O) groups is 2. The minimum absolute atomic E-state index is 0.0293. The number of rotatable bonds is 9. The largest absolute Gasteiger partial charge is 0.383 e. The van der Waals surface area contributed by atoms with E-state index in [0.29, 0.717) is 31.0 Å². The van der Waals surface area contributed by atoms with E-state index in [9.17, 15) is 9.59 Å². The van der Waals surface area contributed by atoms with Crippen LogP contribution in [0.2, 0.25) is 0 Å². The van der Waals surface area contributed by atoms with Crippen molar-refractivity contribution >= 4 is 28.8 Å². The van der Waals surface area contributed by atoms with Gasteiger partial charge in [0.15, 0.2) is 0 Å². The number of hydrogen-bond donors (Lipinski definition) is 1. The maximum atomic E-state index is 13.2. The smallest absolute Gasteiger partial charge is 0.268 e. The molecule has 2 amide bonds. The first kappa shape index (κ1) is 21.7. The summed E-state index contributed by atoms with van der Waals surface area (Å²) in [6.07, 6.45) is 0.292. The Morgan fingerprint density at radius 1 is 1.03 bits per heavy atom. The molecule has 0 saturated heterocycles. The molecular weight excluding hydrogens is 396 g/mol. The highest BCUT2D eigenvalue weighted by molar-refractivity contribution is 7.12. The first-order valence-corrected chi connectivity index (χ1v) is 10.7. The van der Waals surface area contributed by atoms with Crippen LogP contribution in [0.4, 0.5) is 5.69 Å². The second kappa shape index (κ2) is 10.7. The first-order chi connectivity index (χ1) is 14.6. The van der Waals surface area contributed by atoms with E-state index < -0.39 is 0 Å². The first-order valence-electron chi connectivity index (χ1n) is 9.83. The van der Waals surface area contributed by atoms with Gasteiger partial charge in [-0.1, -0.05) is 42.5 Å². The summed E-state index contributed by atoms with van der Waals surface area (Å²) in [6.45, 7) is 3.52. The van der Waals surface area contributed by atoms with Gasteiger partial charge in [-0.2, -0.15) is 0 Å². The van der Waals surface area contributed by atoms with Gasteiger partial charge in [0.05, 0.1) is 24.4 Å². The topological polar surface area (TPSA) is 58.6 Å². The SMILES string of the molecule is COCCNC(=O)Cc1ccc(N(Cc2ccccc2C)C(=O)c2cccs2)cc1. The van der Waals surface area contributed by atoms with Crippen molar-refractivity contribution in [3.05, 3.63) is 87.6 Å². The lowest BCUT2D eigenvalue weighted by molar-refractivity contribution is -0.120. The minimum atomic E-state index is -0.0498. The van der Waals surface area contributed by atoms with Gasteiger partial charge >= 0.3 is 0 Å². The summed E-state index contributed by atoms with van der Waals surface area (Å²) in [4.78, 5) is 27.7. The summed E-state index contributed by atoms with van der Waals surface area (Å²) in [5.74, 6) is -0.0791. The number of carbonyl (C=O) groups excluding carboxylic acids is 2. The average Bonchev–Trinajstić information content (AvgIpc) is 3.29. The van der Waals surface area contributed by atoms with Crippen LogP contribution in [0.1, 0.15) is 26.4 Å². The molecule has 156 valence electrons. The molecular formula is C24H26N2O3S. The third-order valence-electron chi connectivity index (χ3n) is 4.81. The van der Waals surface area contributed by atoms with Crippen LogP contribution in [0.15, 0.2) is 66.0 Å². The highest BCUT2D eigenvalue weighted by Crippen LogP contribution is 2.24. The molecule has 6 heteroatoms. The lowest BCUT2D eigenvalue weighted by Crippen LogP contribution is -2.30. The second-order valence-electron chi connectivity index (χ2n) is 6.98. The van der Waals surface area contributed by atoms with E-state index in [1.807, 2.05) is 60.0 Å². The number of nitrogens with zero attached hydrogens (tertiary/aromatic N) is 1. The molecule has 30 heavy (non-hydrogen) atoms. The molecule has 5 nitrogen and oxygen atoms in total. The fraction of sp³-hybridized carbons (Fsp3) is 0.250. The minimum Gasteiger partial charge on any atom is -0.383 e. The molecule has 0 unspecified atom stereocenters. The molecule has 0 aliphatic heterocycles. The molecule has 1 N–H and O–H groups in total. The van der Waals surface area contributed by atoms with E-state index in [1.165, 1.54) is 11.3 Å². The Bertz CT molecular complexity index is 968. The van der Waals surface area contributed by atoms with Crippen LogP contribution in [0, 0.1) is 6.92 Å². The monoisotopic (exact) mass is 422 g/mol. The number of nitrogens with one attached hydrogen (secondary N) is 1. The van der Waals surface area contributed by atoms with E-state index in [1.54, 1.807) is 12.0 Å². The molecule has 3 rings (SSSR count). The maximum absolute atomic E-state index is 13.2. The van der Waals surface area contributed by atoms with Crippen LogP contribution in [0.3, 0.4) is 0 Å². The number of hydrogen-bond acceptors (Lipinski definition) is 4. The Balaban J connectivity index is 1.78. The van der Waals surface area contributed by atoms with Gasteiger partial charge in [0.2, 0.25) is 5.91 Å². The van der Waals surface area contributed by atoms with Gasteiger partial charge in [-0.15, -0.1) is 11.3 Å². The normalized spacial score (nSPS) is 10.6. The molecule has 0 fully saturated rings.